The molecule has 2 aromatic carbocycles. The van der Waals surface area contributed by atoms with Gasteiger partial charge in [-0.25, -0.2) is 4.68 Å². The lowest BCUT2D eigenvalue weighted by molar-refractivity contribution is -0.113. The molecule has 1 aliphatic rings. The number of carbonyl (C=O) groups excluding carboxylic acids is 1. The largest absolute Gasteiger partial charge is 0.502 e. The summed E-state index contributed by atoms with van der Waals surface area (Å²) < 4.78 is 12.3. The fourth-order valence-corrected chi connectivity index (χ4v) is 4.89. The maximum Gasteiger partial charge on any atom is 0.235 e. The molecule has 156 valence electrons. The number of phenols is 1. The number of anilines is 1. The van der Waals surface area contributed by atoms with Gasteiger partial charge >= 0.3 is 0 Å². The number of thioether (sulfide) groups is 1. The molecule has 9 heteroatoms. The van der Waals surface area contributed by atoms with E-state index < -0.39 is 0 Å². The van der Waals surface area contributed by atoms with Crippen LogP contribution in [0.3, 0.4) is 0 Å². The van der Waals surface area contributed by atoms with Crippen LogP contribution in [0.15, 0.2) is 36.4 Å². The minimum Gasteiger partial charge on any atom is -0.502 e. The molecule has 0 fully saturated rings. The van der Waals surface area contributed by atoms with Crippen molar-refractivity contribution in [3.8, 4) is 22.9 Å². The Labute approximate surface area is 182 Å². The lowest BCUT2D eigenvalue weighted by Crippen LogP contribution is -2.16. The van der Waals surface area contributed by atoms with Crippen LogP contribution in [-0.2, 0) is 4.79 Å². The van der Waals surface area contributed by atoms with E-state index in [1.807, 2.05) is 25.1 Å². The summed E-state index contributed by atoms with van der Waals surface area (Å²) in [7, 11) is 2.96. The molecule has 1 aliphatic heterocycles. The molecule has 1 atom stereocenters. The number of methoxy groups -OCH3 is 2. The summed E-state index contributed by atoms with van der Waals surface area (Å²) in [5.74, 6) is 1.23. The number of amides is 1. The van der Waals surface area contributed by atoms with Gasteiger partial charge in [0.2, 0.25) is 11.7 Å². The second-order valence-electron chi connectivity index (χ2n) is 6.72. The SMILES string of the molecule is COc1cc([C@H]2SCC(=O)Nc3c2c(C)nn3-c2ccccc2Cl)cc(OC)c1O. The van der Waals surface area contributed by atoms with E-state index in [0.29, 0.717) is 28.0 Å². The van der Waals surface area contributed by atoms with E-state index >= 15 is 0 Å². The highest BCUT2D eigenvalue weighted by Crippen LogP contribution is 2.48. The van der Waals surface area contributed by atoms with Crippen LogP contribution in [0.2, 0.25) is 5.02 Å². The Morgan fingerprint density at radius 3 is 2.53 bits per heavy atom. The van der Waals surface area contributed by atoms with E-state index in [0.717, 1.165) is 16.8 Å². The van der Waals surface area contributed by atoms with Crippen molar-refractivity contribution in [1.29, 1.82) is 0 Å². The summed E-state index contributed by atoms with van der Waals surface area (Å²) in [6, 6.07) is 10.8. The molecule has 3 aromatic rings. The first-order valence-electron chi connectivity index (χ1n) is 9.15. The molecule has 0 radical (unpaired) electrons. The zero-order valence-electron chi connectivity index (χ0n) is 16.6. The molecule has 0 bridgehead atoms. The number of fused-ring (bicyclic) bond motifs is 1. The summed E-state index contributed by atoms with van der Waals surface area (Å²) in [6.07, 6.45) is 0. The molecular weight excluding hydrogens is 426 g/mol. The summed E-state index contributed by atoms with van der Waals surface area (Å²) in [4.78, 5) is 12.5. The smallest absolute Gasteiger partial charge is 0.235 e. The maximum atomic E-state index is 12.5. The highest BCUT2D eigenvalue weighted by atomic mass is 35.5. The van der Waals surface area contributed by atoms with Crippen LogP contribution in [0.5, 0.6) is 17.2 Å². The molecule has 2 N–H and O–H groups in total. The van der Waals surface area contributed by atoms with Crippen molar-refractivity contribution in [2.24, 2.45) is 0 Å². The fourth-order valence-electron chi connectivity index (χ4n) is 3.51. The minimum atomic E-state index is -0.237. The lowest BCUT2D eigenvalue weighted by atomic mass is 10.0. The van der Waals surface area contributed by atoms with Crippen LogP contribution < -0.4 is 14.8 Å². The Bertz CT molecular complexity index is 1110. The number of nitrogens with zero attached hydrogens (tertiary/aromatic N) is 2. The van der Waals surface area contributed by atoms with Gasteiger partial charge in [0.05, 0.1) is 41.6 Å². The van der Waals surface area contributed by atoms with Crippen LogP contribution in [-0.4, -0.2) is 40.8 Å². The number of nitrogens with one attached hydrogen (secondary N) is 1. The van der Waals surface area contributed by atoms with Gasteiger partial charge in [-0.2, -0.15) is 5.10 Å². The number of benzene rings is 2. The fraction of sp³-hybridized carbons (Fsp3) is 0.238. The Balaban J connectivity index is 1.93. The number of carbonyl (C=O) groups is 1. The molecule has 0 aliphatic carbocycles. The molecule has 30 heavy (non-hydrogen) atoms. The number of hydrogen-bond acceptors (Lipinski definition) is 6. The molecule has 1 aromatic heterocycles. The predicted molar refractivity (Wildman–Crippen MR) is 117 cm³/mol. The Morgan fingerprint density at radius 2 is 1.90 bits per heavy atom. The summed E-state index contributed by atoms with van der Waals surface area (Å²) in [5, 5.41) is 18.2. The van der Waals surface area contributed by atoms with Gasteiger partial charge in [0.25, 0.3) is 0 Å². The van der Waals surface area contributed by atoms with Crippen LogP contribution in [0.1, 0.15) is 22.1 Å². The van der Waals surface area contributed by atoms with Crippen molar-refractivity contribution in [2.75, 3.05) is 25.3 Å². The Morgan fingerprint density at radius 1 is 1.23 bits per heavy atom. The van der Waals surface area contributed by atoms with E-state index in [1.54, 1.807) is 22.9 Å². The lowest BCUT2D eigenvalue weighted by Gasteiger charge is -2.18. The topological polar surface area (TPSA) is 85.6 Å². The van der Waals surface area contributed by atoms with Gasteiger partial charge in [0, 0.05) is 5.56 Å². The first-order chi connectivity index (χ1) is 14.4. The highest BCUT2D eigenvalue weighted by Gasteiger charge is 2.32. The quantitative estimate of drug-likeness (QED) is 0.621. The van der Waals surface area contributed by atoms with Gasteiger partial charge in [-0.3, -0.25) is 4.79 Å². The van der Waals surface area contributed by atoms with Gasteiger partial charge < -0.3 is 19.9 Å². The number of halogens is 1. The number of phenolic OH excluding ortho intramolecular Hbond substituents is 1. The molecule has 2 heterocycles. The van der Waals surface area contributed by atoms with Crippen LogP contribution >= 0.6 is 23.4 Å². The number of aromatic nitrogens is 2. The van der Waals surface area contributed by atoms with Crippen molar-refractivity contribution in [2.45, 2.75) is 12.2 Å². The zero-order chi connectivity index (χ0) is 21.4. The Hall–Kier alpha value is -2.84. The third-order valence-electron chi connectivity index (χ3n) is 4.89. The second kappa shape index (κ2) is 8.12. The number of ether oxygens (including phenoxy) is 2. The van der Waals surface area contributed by atoms with Gasteiger partial charge in [0.1, 0.15) is 5.82 Å². The number of para-hydroxylation sites is 1. The van der Waals surface area contributed by atoms with Crippen LogP contribution in [0.25, 0.3) is 5.69 Å². The van der Waals surface area contributed by atoms with E-state index in [2.05, 4.69) is 10.4 Å². The highest BCUT2D eigenvalue weighted by molar-refractivity contribution is 8.00. The number of aromatic hydroxyl groups is 1. The Kier molecular flexibility index (Phi) is 5.53. The van der Waals surface area contributed by atoms with Crippen molar-refractivity contribution < 1.29 is 19.4 Å². The van der Waals surface area contributed by atoms with Gasteiger partial charge in [-0.05, 0) is 36.8 Å². The van der Waals surface area contributed by atoms with Crippen molar-refractivity contribution in [1.82, 2.24) is 9.78 Å². The molecule has 0 unspecified atom stereocenters. The predicted octanol–water partition coefficient (Wildman–Crippen LogP) is 4.33. The van der Waals surface area contributed by atoms with Gasteiger partial charge in [-0.1, -0.05) is 23.7 Å². The monoisotopic (exact) mass is 445 g/mol. The molecule has 0 spiro atoms. The molecule has 1 amide bonds. The first-order valence-corrected chi connectivity index (χ1v) is 10.6. The van der Waals surface area contributed by atoms with E-state index in [4.69, 9.17) is 21.1 Å². The van der Waals surface area contributed by atoms with Crippen LogP contribution in [0.4, 0.5) is 5.82 Å². The molecule has 0 saturated heterocycles. The van der Waals surface area contributed by atoms with Crippen molar-refractivity contribution >= 4 is 35.1 Å². The number of rotatable bonds is 4. The molecular formula is C21H20ClN3O4S. The number of aryl methyl sites for hydroxylation is 1. The second-order valence-corrected chi connectivity index (χ2v) is 8.22. The average Bonchev–Trinajstić information content (AvgIpc) is 2.93. The van der Waals surface area contributed by atoms with Crippen LogP contribution in [0, 0.1) is 6.92 Å². The molecule has 0 saturated carbocycles. The van der Waals surface area contributed by atoms with Gasteiger partial charge in [0.15, 0.2) is 11.5 Å². The number of hydrogen-bond donors (Lipinski definition) is 2. The zero-order valence-corrected chi connectivity index (χ0v) is 18.2. The summed E-state index contributed by atoms with van der Waals surface area (Å²) in [5.41, 5.74) is 3.12. The molecule has 7 nitrogen and oxygen atoms in total. The van der Waals surface area contributed by atoms with Gasteiger partial charge in [-0.15, -0.1) is 11.8 Å². The van der Waals surface area contributed by atoms with Crippen molar-refractivity contribution in [3.05, 3.63) is 58.2 Å². The van der Waals surface area contributed by atoms with E-state index in [1.165, 1.54) is 26.0 Å². The standard InChI is InChI=1S/C21H20ClN3O4S/c1-11-18-20(12-8-15(28-2)19(27)16(9-12)29-3)30-10-17(26)23-21(18)25(24-11)14-7-5-4-6-13(14)22/h4-9,20,27H,10H2,1-3H3,(H,23,26)/t20-/m1/s1. The summed E-state index contributed by atoms with van der Waals surface area (Å²) >= 11 is 7.87. The molecule has 4 rings (SSSR count). The average molecular weight is 446 g/mol. The van der Waals surface area contributed by atoms with E-state index in [-0.39, 0.29) is 22.7 Å². The first kappa shape index (κ1) is 20.4. The summed E-state index contributed by atoms with van der Waals surface area (Å²) in [6.45, 7) is 1.89. The van der Waals surface area contributed by atoms with Crippen molar-refractivity contribution in [3.63, 3.8) is 0 Å². The third-order valence-corrected chi connectivity index (χ3v) is 6.48. The maximum absolute atomic E-state index is 12.5. The normalized spacial score (nSPS) is 15.9. The third kappa shape index (κ3) is 3.46. The van der Waals surface area contributed by atoms with E-state index in [9.17, 15) is 9.90 Å². The minimum absolute atomic E-state index is 0.0692.